The van der Waals surface area contributed by atoms with Crippen molar-refractivity contribution in [3.8, 4) is 0 Å². The van der Waals surface area contributed by atoms with E-state index in [2.05, 4.69) is 10.0 Å². The van der Waals surface area contributed by atoms with E-state index in [0.29, 0.717) is 28.4 Å². The zero-order chi connectivity index (χ0) is 17.0. The average Bonchev–Trinajstić information content (AvgIpc) is 2.48. The van der Waals surface area contributed by atoms with Crippen molar-refractivity contribution in [3.05, 3.63) is 53.1 Å². The fraction of sp³-hybridized carbons (Fsp3) is 0.188. The molecule has 0 atom stereocenters. The molecule has 0 heterocycles. The fourth-order valence-electron chi connectivity index (χ4n) is 1.98. The van der Waals surface area contributed by atoms with Gasteiger partial charge >= 0.3 is 0 Å². The third-order valence-electron chi connectivity index (χ3n) is 3.16. The van der Waals surface area contributed by atoms with E-state index < -0.39 is 10.0 Å². The highest BCUT2D eigenvalue weighted by Gasteiger charge is 2.18. The standard InChI is InChI=1S/C16H17ClN2O3S/c1-3-16(20)18-13-8-7-11(2)15(10-13)23(21,22)19-14-6-4-5-12(17)9-14/h4-10,19H,3H2,1-2H3,(H,18,20). The van der Waals surface area contributed by atoms with Crippen molar-refractivity contribution in [1.29, 1.82) is 0 Å². The van der Waals surface area contributed by atoms with Crippen LogP contribution in [-0.2, 0) is 14.8 Å². The number of hydrogen-bond acceptors (Lipinski definition) is 3. The molecule has 5 nitrogen and oxygen atoms in total. The van der Waals surface area contributed by atoms with Gasteiger partial charge in [-0.25, -0.2) is 8.42 Å². The maximum atomic E-state index is 12.6. The summed E-state index contributed by atoms with van der Waals surface area (Å²) in [5.74, 6) is -0.181. The molecule has 0 spiro atoms. The molecule has 0 aliphatic heterocycles. The van der Waals surface area contributed by atoms with Gasteiger partial charge in [0, 0.05) is 17.1 Å². The molecule has 122 valence electrons. The summed E-state index contributed by atoms with van der Waals surface area (Å²) < 4.78 is 27.6. The molecule has 7 heteroatoms. The molecule has 2 rings (SSSR count). The van der Waals surface area contributed by atoms with Gasteiger partial charge in [-0.2, -0.15) is 0 Å². The molecule has 0 fully saturated rings. The number of nitrogens with one attached hydrogen (secondary N) is 2. The van der Waals surface area contributed by atoms with Crippen LogP contribution in [0.2, 0.25) is 5.02 Å². The average molecular weight is 353 g/mol. The highest BCUT2D eigenvalue weighted by Crippen LogP contribution is 2.24. The summed E-state index contributed by atoms with van der Waals surface area (Å²) >= 11 is 5.87. The van der Waals surface area contributed by atoms with Crippen LogP contribution in [0.5, 0.6) is 0 Å². The third kappa shape index (κ3) is 4.46. The lowest BCUT2D eigenvalue weighted by atomic mass is 10.2. The minimum Gasteiger partial charge on any atom is -0.326 e. The van der Waals surface area contributed by atoms with Crippen LogP contribution in [0.15, 0.2) is 47.4 Å². The van der Waals surface area contributed by atoms with Crippen LogP contribution in [-0.4, -0.2) is 14.3 Å². The second-order valence-electron chi connectivity index (χ2n) is 5.00. The van der Waals surface area contributed by atoms with Crippen molar-refractivity contribution >= 4 is 38.9 Å². The molecule has 0 saturated carbocycles. The van der Waals surface area contributed by atoms with E-state index in [4.69, 9.17) is 11.6 Å². The fourth-order valence-corrected chi connectivity index (χ4v) is 3.49. The Labute approximate surface area is 140 Å². The first kappa shape index (κ1) is 17.3. The topological polar surface area (TPSA) is 75.3 Å². The van der Waals surface area contributed by atoms with E-state index in [1.54, 1.807) is 44.2 Å². The van der Waals surface area contributed by atoms with E-state index in [-0.39, 0.29) is 10.8 Å². The van der Waals surface area contributed by atoms with E-state index in [1.165, 1.54) is 12.1 Å². The van der Waals surface area contributed by atoms with Crippen molar-refractivity contribution in [2.75, 3.05) is 10.0 Å². The highest BCUT2D eigenvalue weighted by atomic mass is 35.5. The Hall–Kier alpha value is -2.05. The van der Waals surface area contributed by atoms with Gasteiger partial charge in [-0.05, 0) is 42.8 Å². The second-order valence-corrected chi connectivity index (χ2v) is 7.09. The lowest BCUT2D eigenvalue weighted by Gasteiger charge is -2.12. The number of rotatable bonds is 5. The summed E-state index contributed by atoms with van der Waals surface area (Å²) in [5, 5.41) is 3.09. The maximum Gasteiger partial charge on any atom is 0.262 e. The summed E-state index contributed by atoms with van der Waals surface area (Å²) in [7, 11) is -3.79. The van der Waals surface area contributed by atoms with Gasteiger partial charge in [0.25, 0.3) is 10.0 Å². The number of aryl methyl sites for hydroxylation is 1. The van der Waals surface area contributed by atoms with Crippen LogP contribution in [0.25, 0.3) is 0 Å². The third-order valence-corrected chi connectivity index (χ3v) is 4.92. The second kappa shape index (κ2) is 7.02. The van der Waals surface area contributed by atoms with Gasteiger partial charge in [-0.15, -0.1) is 0 Å². The van der Waals surface area contributed by atoms with Gasteiger partial charge in [0.2, 0.25) is 5.91 Å². The molecular formula is C16H17ClN2O3S. The molecule has 0 saturated heterocycles. The van der Waals surface area contributed by atoms with Crippen molar-refractivity contribution < 1.29 is 13.2 Å². The van der Waals surface area contributed by atoms with Crippen LogP contribution in [0, 0.1) is 6.92 Å². The molecule has 2 aromatic rings. The lowest BCUT2D eigenvalue weighted by Crippen LogP contribution is -2.15. The summed E-state index contributed by atoms with van der Waals surface area (Å²) in [4.78, 5) is 11.6. The van der Waals surface area contributed by atoms with Crippen molar-refractivity contribution in [2.24, 2.45) is 0 Å². The smallest absolute Gasteiger partial charge is 0.262 e. The summed E-state index contributed by atoms with van der Waals surface area (Å²) in [6.07, 6.45) is 0.316. The van der Waals surface area contributed by atoms with Gasteiger partial charge in [-0.3, -0.25) is 9.52 Å². The Balaban J connectivity index is 2.35. The first-order valence-corrected chi connectivity index (χ1v) is 8.87. The van der Waals surface area contributed by atoms with E-state index in [9.17, 15) is 13.2 Å². The molecule has 23 heavy (non-hydrogen) atoms. The molecule has 0 unspecified atom stereocenters. The largest absolute Gasteiger partial charge is 0.326 e. The van der Waals surface area contributed by atoms with Gasteiger partial charge in [0.05, 0.1) is 10.6 Å². The number of carbonyl (C=O) groups is 1. The molecule has 0 aliphatic carbocycles. The first-order chi connectivity index (χ1) is 10.8. The lowest BCUT2D eigenvalue weighted by molar-refractivity contribution is -0.115. The molecule has 1 amide bonds. The van der Waals surface area contributed by atoms with Crippen molar-refractivity contribution in [1.82, 2.24) is 0 Å². The van der Waals surface area contributed by atoms with Crippen LogP contribution in [0.4, 0.5) is 11.4 Å². The SMILES string of the molecule is CCC(=O)Nc1ccc(C)c(S(=O)(=O)Nc2cccc(Cl)c2)c1. The number of hydrogen-bond donors (Lipinski definition) is 2. The monoisotopic (exact) mass is 352 g/mol. The van der Waals surface area contributed by atoms with E-state index in [1.807, 2.05) is 0 Å². The van der Waals surface area contributed by atoms with Gasteiger partial charge in [0.15, 0.2) is 0 Å². The molecular weight excluding hydrogens is 336 g/mol. The zero-order valence-electron chi connectivity index (χ0n) is 12.8. The number of benzene rings is 2. The Morgan fingerprint density at radius 2 is 1.87 bits per heavy atom. The van der Waals surface area contributed by atoms with Crippen LogP contribution < -0.4 is 10.0 Å². The van der Waals surface area contributed by atoms with E-state index >= 15 is 0 Å². The molecule has 0 aliphatic rings. The van der Waals surface area contributed by atoms with Gasteiger partial charge in [0.1, 0.15) is 0 Å². The normalized spacial score (nSPS) is 11.1. The number of carbonyl (C=O) groups excluding carboxylic acids is 1. The quantitative estimate of drug-likeness (QED) is 0.859. The molecule has 0 aromatic heterocycles. The van der Waals surface area contributed by atoms with Crippen LogP contribution >= 0.6 is 11.6 Å². The van der Waals surface area contributed by atoms with Crippen molar-refractivity contribution in [2.45, 2.75) is 25.2 Å². The highest BCUT2D eigenvalue weighted by molar-refractivity contribution is 7.92. The molecule has 0 radical (unpaired) electrons. The number of amides is 1. The van der Waals surface area contributed by atoms with Gasteiger partial charge < -0.3 is 5.32 Å². The van der Waals surface area contributed by atoms with Crippen LogP contribution in [0.3, 0.4) is 0 Å². The Kier molecular flexibility index (Phi) is 5.28. The Morgan fingerprint density at radius 3 is 2.52 bits per heavy atom. The molecule has 2 aromatic carbocycles. The number of sulfonamides is 1. The predicted molar refractivity (Wildman–Crippen MR) is 92.4 cm³/mol. The number of halogens is 1. The minimum atomic E-state index is -3.79. The predicted octanol–water partition coefficient (Wildman–Crippen LogP) is 3.80. The Bertz CT molecular complexity index is 835. The molecule has 0 bridgehead atoms. The van der Waals surface area contributed by atoms with Gasteiger partial charge in [-0.1, -0.05) is 30.7 Å². The number of anilines is 2. The van der Waals surface area contributed by atoms with Crippen LogP contribution in [0.1, 0.15) is 18.9 Å². The van der Waals surface area contributed by atoms with Crippen molar-refractivity contribution in [3.63, 3.8) is 0 Å². The summed E-state index contributed by atoms with van der Waals surface area (Å²) in [6, 6.07) is 11.2. The summed E-state index contributed by atoms with van der Waals surface area (Å²) in [5.41, 5.74) is 1.39. The zero-order valence-corrected chi connectivity index (χ0v) is 14.3. The maximum absolute atomic E-state index is 12.6. The van der Waals surface area contributed by atoms with E-state index in [0.717, 1.165) is 0 Å². The molecule has 2 N–H and O–H groups in total. The first-order valence-electron chi connectivity index (χ1n) is 7.00. The Morgan fingerprint density at radius 1 is 1.13 bits per heavy atom. The minimum absolute atomic E-state index is 0.103. The summed E-state index contributed by atoms with van der Waals surface area (Å²) in [6.45, 7) is 3.42.